The lowest BCUT2D eigenvalue weighted by Crippen LogP contribution is -2.23. The third-order valence-corrected chi connectivity index (χ3v) is 2.25. The fourth-order valence-electron chi connectivity index (χ4n) is 1.61. The lowest BCUT2D eigenvalue weighted by molar-refractivity contribution is 0.643. The number of aryl methyl sites for hydroxylation is 1. The minimum absolute atomic E-state index is 0. The molecular weight excluding hydrogens is 170 g/mol. The fourth-order valence-corrected chi connectivity index (χ4v) is 1.61. The van der Waals surface area contributed by atoms with E-state index in [-0.39, 0.29) is 12.4 Å². The van der Waals surface area contributed by atoms with Gasteiger partial charge in [0, 0.05) is 6.54 Å². The minimum Gasteiger partial charge on any atom is -0.312 e. The molecule has 0 bridgehead atoms. The van der Waals surface area contributed by atoms with E-state index in [1.165, 1.54) is 23.1 Å². The molecular formula is C10H14ClN. The molecule has 0 aromatic heterocycles. The van der Waals surface area contributed by atoms with Crippen LogP contribution >= 0.6 is 12.4 Å². The fraction of sp³-hybridized carbons (Fsp3) is 0.400. The third-order valence-electron chi connectivity index (χ3n) is 2.25. The van der Waals surface area contributed by atoms with E-state index in [4.69, 9.17) is 0 Å². The van der Waals surface area contributed by atoms with Crippen LogP contribution < -0.4 is 5.32 Å². The van der Waals surface area contributed by atoms with E-state index in [1.54, 1.807) is 0 Å². The van der Waals surface area contributed by atoms with Gasteiger partial charge < -0.3 is 5.32 Å². The highest BCUT2D eigenvalue weighted by molar-refractivity contribution is 5.85. The molecule has 1 N–H and O–H groups in total. The summed E-state index contributed by atoms with van der Waals surface area (Å²) in [4.78, 5) is 0. The smallest absolute Gasteiger partial charge is 0.0208 e. The van der Waals surface area contributed by atoms with Gasteiger partial charge in [-0.25, -0.2) is 0 Å². The van der Waals surface area contributed by atoms with Gasteiger partial charge in [-0.05, 0) is 31.0 Å². The molecule has 1 aliphatic rings. The van der Waals surface area contributed by atoms with Crippen LogP contribution in [0.15, 0.2) is 18.2 Å². The Morgan fingerprint density at radius 1 is 1.25 bits per heavy atom. The summed E-state index contributed by atoms with van der Waals surface area (Å²) < 4.78 is 0. The molecule has 0 radical (unpaired) electrons. The minimum atomic E-state index is 0. The summed E-state index contributed by atoms with van der Waals surface area (Å²) in [6, 6.07) is 6.73. The molecule has 2 rings (SSSR count). The summed E-state index contributed by atoms with van der Waals surface area (Å²) in [6.45, 7) is 4.34. The second-order valence-electron chi connectivity index (χ2n) is 3.20. The Labute approximate surface area is 79.6 Å². The van der Waals surface area contributed by atoms with E-state index >= 15 is 0 Å². The van der Waals surface area contributed by atoms with Crippen LogP contribution in [0.1, 0.15) is 16.7 Å². The lowest BCUT2D eigenvalue weighted by atomic mass is 9.99. The monoisotopic (exact) mass is 183 g/mol. The molecule has 1 nitrogen and oxygen atoms in total. The van der Waals surface area contributed by atoms with Crippen molar-refractivity contribution in [3.8, 4) is 0 Å². The van der Waals surface area contributed by atoms with Crippen LogP contribution in [0.2, 0.25) is 0 Å². The molecule has 1 aliphatic heterocycles. The molecule has 0 saturated heterocycles. The molecule has 0 fully saturated rings. The maximum atomic E-state index is 3.37. The predicted molar refractivity (Wildman–Crippen MR) is 53.8 cm³/mol. The van der Waals surface area contributed by atoms with Crippen LogP contribution in [0, 0.1) is 6.92 Å². The van der Waals surface area contributed by atoms with Crippen molar-refractivity contribution in [2.45, 2.75) is 19.9 Å². The number of hydrogen-bond acceptors (Lipinski definition) is 1. The number of halogens is 1. The van der Waals surface area contributed by atoms with Crippen molar-refractivity contribution in [3.63, 3.8) is 0 Å². The van der Waals surface area contributed by atoms with E-state index in [1.807, 2.05) is 0 Å². The quantitative estimate of drug-likeness (QED) is 0.650. The maximum absolute atomic E-state index is 3.37. The average molecular weight is 184 g/mol. The standard InChI is InChI=1S/C10H13N.ClH/c1-8-2-3-9-4-5-11-7-10(9)6-8;/h2-3,6,11H,4-5,7H2,1H3;1H. The molecule has 12 heavy (non-hydrogen) atoms. The summed E-state index contributed by atoms with van der Waals surface area (Å²) in [5.74, 6) is 0. The topological polar surface area (TPSA) is 12.0 Å². The second-order valence-corrected chi connectivity index (χ2v) is 3.20. The second kappa shape index (κ2) is 3.92. The van der Waals surface area contributed by atoms with Gasteiger partial charge in [0.25, 0.3) is 0 Å². The summed E-state index contributed by atoms with van der Waals surface area (Å²) in [6.07, 6.45) is 1.19. The lowest BCUT2D eigenvalue weighted by Gasteiger charge is -2.16. The Balaban J connectivity index is 0.000000720. The van der Waals surface area contributed by atoms with Crippen LogP contribution in [-0.4, -0.2) is 6.54 Å². The van der Waals surface area contributed by atoms with E-state index in [2.05, 4.69) is 30.4 Å². The maximum Gasteiger partial charge on any atom is 0.0208 e. The zero-order valence-electron chi connectivity index (χ0n) is 7.26. The normalized spacial score (nSPS) is 14.8. The zero-order chi connectivity index (χ0) is 7.68. The van der Waals surface area contributed by atoms with Gasteiger partial charge in [0.2, 0.25) is 0 Å². The first kappa shape index (κ1) is 9.56. The van der Waals surface area contributed by atoms with E-state index in [0.29, 0.717) is 0 Å². The number of rotatable bonds is 0. The molecule has 0 atom stereocenters. The first-order chi connectivity index (χ1) is 5.36. The Kier molecular flexibility index (Phi) is 3.12. The van der Waals surface area contributed by atoms with Crippen LogP contribution in [0.4, 0.5) is 0 Å². The number of fused-ring (bicyclic) bond motifs is 1. The van der Waals surface area contributed by atoms with Crippen molar-refractivity contribution < 1.29 is 0 Å². The Morgan fingerprint density at radius 2 is 2.08 bits per heavy atom. The van der Waals surface area contributed by atoms with Crippen LogP contribution in [0.25, 0.3) is 0 Å². The molecule has 0 unspecified atom stereocenters. The first-order valence-corrected chi connectivity index (χ1v) is 4.15. The van der Waals surface area contributed by atoms with E-state index < -0.39 is 0 Å². The molecule has 0 amide bonds. The largest absolute Gasteiger partial charge is 0.312 e. The molecule has 0 aliphatic carbocycles. The van der Waals surface area contributed by atoms with Crippen LogP contribution in [-0.2, 0) is 13.0 Å². The van der Waals surface area contributed by atoms with Gasteiger partial charge in [0.05, 0.1) is 0 Å². The molecule has 2 heteroatoms. The summed E-state index contributed by atoms with van der Waals surface area (Å²) >= 11 is 0. The predicted octanol–water partition coefficient (Wildman–Crippen LogP) is 2.06. The van der Waals surface area contributed by atoms with Crippen molar-refractivity contribution in [2.75, 3.05) is 6.54 Å². The highest BCUT2D eigenvalue weighted by Crippen LogP contribution is 2.14. The van der Waals surface area contributed by atoms with Gasteiger partial charge in [0.1, 0.15) is 0 Å². The summed E-state index contributed by atoms with van der Waals surface area (Å²) in [7, 11) is 0. The molecule has 0 saturated carbocycles. The molecule has 1 heterocycles. The Morgan fingerprint density at radius 3 is 2.92 bits per heavy atom. The van der Waals surface area contributed by atoms with Crippen molar-refractivity contribution in [2.24, 2.45) is 0 Å². The third kappa shape index (κ3) is 1.79. The molecule has 66 valence electrons. The van der Waals surface area contributed by atoms with E-state index in [0.717, 1.165) is 13.1 Å². The molecule has 0 spiro atoms. The zero-order valence-corrected chi connectivity index (χ0v) is 8.08. The van der Waals surface area contributed by atoms with Gasteiger partial charge in [-0.3, -0.25) is 0 Å². The van der Waals surface area contributed by atoms with Crippen molar-refractivity contribution >= 4 is 12.4 Å². The van der Waals surface area contributed by atoms with Gasteiger partial charge >= 0.3 is 0 Å². The van der Waals surface area contributed by atoms with E-state index in [9.17, 15) is 0 Å². The van der Waals surface area contributed by atoms with Crippen molar-refractivity contribution in [3.05, 3.63) is 34.9 Å². The highest BCUT2D eigenvalue weighted by atomic mass is 35.5. The molecule has 1 aromatic carbocycles. The van der Waals surface area contributed by atoms with Crippen molar-refractivity contribution in [1.82, 2.24) is 5.32 Å². The SMILES string of the molecule is Cc1ccc2c(c1)CNCC2.Cl. The number of hydrogen-bond donors (Lipinski definition) is 1. The Bertz CT molecular complexity index is 271. The first-order valence-electron chi connectivity index (χ1n) is 4.15. The van der Waals surface area contributed by atoms with Crippen LogP contribution in [0.5, 0.6) is 0 Å². The Hall–Kier alpha value is -0.530. The number of benzene rings is 1. The number of nitrogens with one attached hydrogen (secondary N) is 1. The van der Waals surface area contributed by atoms with Gasteiger partial charge in [-0.2, -0.15) is 0 Å². The highest BCUT2D eigenvalue weighted by Gasteiger charge is 2.06. The van der Waals surface area contributed by atoms with Gasteiger partial charge in [-0.1, -0.05) is 23.8 Å². The van der Waals surface area contributed by atoms with Gasteiger partial charge in [0.15, 0.2) is 0 Å². The van der Waals surface area contributed by atoms with Gasteiger partial charge in [-0.15, -0.1) is 12.4 Å². The summed E-state index contributed by atoms with van der Waals surface area (Å²) in [5, 5.41) is 3.37. The van der Waals surface area contributed by atoms with Crippen LogP contribution in [0.3, 0.4) is 0 Å². The molecule has 1 aromatic rings. The average Bonchev–Trinajstić information content (AvgIpc) is 2.04. The summed E-state index contributed by atoms with van der Waals surface area (Å²) in [5.41, 5.74) is 4.37. The van der Waals surface area contributed by atoms with Crippen molar-refractivity contribution in [1.29, 1.82) is 0 Å².